The summed E-state index contributed by atoms with van der Waals surface area (Å²) in [6, 6.07) is 23.0. The molecule has 6 nitrogen and oxygen atoms in total. The fraction of sp³-hybridized carbons (Fsp3) is 0.167. The normalized spacial score (nSPS) is 10.6. The summed E-state index contributed by atoms with van der Waals surface area (Å²) in [6.07, 6.45) is 0.848. The van der Waals surface area contributed by atoms with Gasteiger partial charge in [-0.2, -0.15) is 5.26 Å². The lowest BCUT2D eigenvalue weighted by molar-refractivity contribution is 0.313. The highest BCUT2D eigenvalue weighted by atomic mass is 32.1. The second-order valence-corrected chi connectivity index (χ2v) is 7.91. The van der Waals surface area contributed by atoms with Crippen molar-refractivity contribution in [2.24, 2.45) is 5.73 Å². The van der Waals surface area contributed by atoms with Crippen LogP contribution in [0.2, 0.25) is 0 Å². The number of aromatic nitrogens is 1. The minimum Gasteiger partial charge on any atom is -0.494 e. The zero-order chi connectivity index (χ0) is 21.5. The summed E-state index contributed by atoms with van der Waals surface area (Å²) in [6.45, 7) is 1.95. The maximum atomic E-state index is 8.90. The van der Waals surface area contributed by atoms with E-state index in [1.807, 2.05) is 42.5 Å². The van der Waals surface area contributed by atoms with Crippen molar-refractivity contribution in [3.63, 3.8) is 0 Å². The summed E-state index contributed by atoms with van der Waals surface area (Å²) in [7, 11) is 0. The molecule has 0 fully saturated rings. The summed E-state index contributed by atoms with van der Waals surface area (Å²) in [5.41, 5.74) is 8.16. The van der Waals surface area contributed by atoms with E-state index >= 15 is 0 Å². The third-order valence-electron chi connectivity index (χ3n) is 4.56. The van der Waals surface area contributed by atoms with Gasteiger partial charge >= 0.3 is 0 Å². The molecule has 31 heavy (non-hydrogen) atoms. The number of nitrogens with one attached hydrogen (secondary N) is 1. The van der Waals surface area contributed by atoms with E-state index in [0.29, 0.717) is 31.0 Å². The van der Waals surface area contributed by atoms with Gasteiger partial charge in [0.05, 0.1) is 28.5 Å². The number of anilines is 1. The number of thiazole rings is 1. The Kier molecular flexibility index (Phi) is 6.62. The summed E-state index contributed by atoms with van der Waals surface area (Å²) >= 11 is 1.58. The first-order valence-electron chi connectivity index (χ1n) is 9.98. The quantitative estimate of drug-likeness (QED) is 0.350. The van der Waals surface area contributed by atoms with Gasteiger partial charge in [0.25, 0.3) is 0 Å². The zero-order valence-corrected chi connectivity index (χ0v) is 17.7. The van der Waals surface area contributed by atoms with Crippen molar-refractivity contribution in [2.75, 3.05) is 18.5 Å². The third-order valence-corrected chi connectivity index (χ3v) is 5.54. The molecule has 0 aliphatic carbocycles. The van der Waals surface area contributed by atoms with Gasteiger partial charge in [-0.15, -0.1) is 0 Å². The molecule has 0 saturated carbocycles. The van der Waals surface area contributed by atoms with Crippen molar-refractivity contribution >= 4 is 26.7 Å². The van der Waals surface area contributed by atoms with E-state index in [4.69, 9.17) is 20.5 Å². The molecule has 0 atom stereocenters. The molecule has 4 aromatic rings. The minimum absolute atomic E-state index is 0.606. The average molecular weight is 431 g/mol. The monoisotopic (exact) mass is 430 g/mol. The van der Waals surface area contributed by atoms with Gasteiger partial charge in [0, 0.05) is 12.6 Å². The summed E-state index contributed by atoms with van der Waals surface area (Å²) in [4.78, 5) is 4.65. The first-order valence-corrected chi connectivity index (χ1v) is 10.8. The predicted octanol–water partition coefficient (Wildman–Crippen LogP) is 5.30. The van der Waals surface area contributed by atoms with E-state index in [0.717, 1.165) is 38.8 Å². The Balaban J connectivity index is 1.37. The molecule has 0 spiro atoms. The second-order valence-electron chi connectivity index (χ2n) is 6.87. The summed E-state index contributed by atoms with van der Waals surface area (Å²) in [5.74, 6) is 2.28. The van der Waals surface area contributed by atoms with Gasteiger partial charge in [0.1, 0.15) is 17.2 Å². The standard InChI is InChI=1S/C24H22N4O2S/c25-12-1-13-29-19-6-4-18(5-7-19)16-27-24-28-22-11-10-21(14-23(22)31-24)30-20-8-2-17(15-26)3-9-20/h2-11,14H,1,12-13,16,25H2,(H,27,28). The van der Waals surface area contributed by atoms with E-state index in [9.17, 15) is 0 Å². The van der Waals surface area contributed by atoms with Gasteiger partial charge in [-0.3, -0.25) is 0 Å². The fourth-order valence-corrected chi connectivity index (χ4v) is 3.82. The third kappa shape index (κ3) is 5.51. The molecule has 7 heteroatoms. The van der Waals surface area contributed by atoms with Gasteiger partial charge in [-0.1, -0.05) is 23.5 Å². The number of benzene rings is 3. The van der Waals surface area contributed by atoms with E-state index < -0.39 is 0 Å². The lowest BCUT2D eigenvalue weighted by atomic mass is 10.2. The van der Waals surface area contributed by atoms with Crippen molar-refractivity contribution in [3.8, 4) is 23.3 Å². The van der Waals surface area contributed by atoms with E-state index in [-0.39, 0.29) is 0 Å². The molecule has 0 bridgehead atoms. The number of hydrogen-bond donors (Lipinski definition) is 2. The van der Waals surface area contributed by atoms with Crippen LogP contribution >= 0.6 is 11.3 Å². The van der Waals surface area contributed by atoms with Gasteiger partial charge in [-0.25, -0.2) is 4.98 Å². The van der Waals surface area contributed by atoms with Gasteiger partial charge in [0.2, 0.25) is 0 Å². The lowest BCUT2D eigenvalue weighted by Gasteiger charge is -2.07. The number of ether oxygens (including phenoxy) is 2. The Morgan fingerprint density at radius 2 is 1.71 bits per heavy atom. The lowest BCUT2D eigenvalue weighted by Crippen LogP contribution is -2.06. The largest absolute Gasteiger partial charge is 0.494 e. The smallest absolute Gasteiger partial charge is 0.184 e. The molecular formula is C24H22N4O2S. The second kappa shape index (κ2) is 9.94. The van der Waals surface area contributed by atoms with Gasteiger partial charge in [0.15, 0.2) is 5.13 Å². The molecule has 1 aromatic heterocycles. The molecule has 3 aromatic carbocycles. The Morgan fingerprint density at radius 1 is 0.968 bits per heavy atom. The molecule has 1 heterocycles. The minimum atomic E-state index is 0.606. The molecule has 3 N–H and O–H groups in total. The molecule has 4 rings (SSSR count). The maximum absolute atomic E-state index is 8.90. The zero-order valence-electron chi connectivity index (χ0n) is 16.9. The predicted molar refractivity (Wildman–Crippen MR) is 124 cm³/mol. The van der Waals surface area contributed by atoms with E-state index in [1.165, 1.54) is 0 Å². The number of hydrogen-bond acceptors (Lipinski definition) is 7. The van der Waals surface area contributed by atoms with E-state index in [1.54, 1.807) is 35.6 Å². The maximum Gasteiger partial charge on any atom is 0.184 e. The number of nitrogens with zero attached hydrogens (tertiary/aromatic N) is 2. The Labute approximate surface area is 184 Å². The van der Waals surface area contributed by atoms with Gasteiger partial charge in [-0.05, 0) is 67.1 Å². The van der Waals surface area contributed by atoms with Crippen LogP contribution in [0.15, 0.2) is 66.7 Å². The molecule has 156 valence electrons. The molecule has 0 saturated heterocycles. The van der Waals surface area contributed by atoms with E-state index in [2.05, 4.69) is 16.4 Å². The number of nitriles is 1. The Hall–Kier alpha value is -3.60. The Morgan fingerprint density at radius 3 is 2.45 bits per heavy atom. The summed E-state index contributed by atoms with van der Waals surface area (Å²) in [5, 5.41) is 13.1. The first-order chi connectivity index (χ1) is 15.2. The van der Waals surface area contributed by atoms with Crippen LogP contribution in [0.4, 0.5) is 5.13 Å². The highest BCUT2D eigenvalue weighted by Gasteiger charge is 2.07. The average Bonchev–Trinajstić information content (AvgIpc) is 3.21. The van der Waals surface area contributed by atoms with Crippen LogP contribution in [-0.2, 0) is 6.54 Å². The molecule has 0 radical (unpaired) electrons. The number of nitrogens with two attached hydrogens (primary N) is 1. The topological polar surface area (TPSA) is 93.2 Å². The first kappa shape index (κ1) is 20.7. The molecule has 0 amide bonds. The summed E-state index contributed by atoms with van der Waals surface area (Å²) < 4.78 is 12.6. The Bertz CT molecular complexity index is 1180. The molecule has 0 unspecified atom stereocenters. The van der Waals surface area contributed by atoms with Crippen molar-refractivity contribution in [1.82, 2.24) is 4.98 Å². The molecule has 0 aliphatic rings. The fourth-order valence-electron chi connectivity index (χ4n) is 2.93. The number of rotatable bonds is 9. The highest BCUT2D eigenvalue weighted by Crippen LogP contribution is 2.31. The van der Waals surface area contributed by atoms with Crippen molar-refractivity contribution in [1.29, 1.82) is 5.26 Å². The van der Waals surface area contributed by atoms with Crippen LogP contribution in [0.25, 0.3) is 10.2 Å². The SMILES string of the molecule is N#Cc1ccc(Oc2ccc3nc(NCc4ccc(OCCCN)cc4)sc3c2)cc1. The van der Waals surface area contributed by atoms with Crippen LogP contribution < -0.4 is 20.5 Å². The van der Waals surface area contributed by atoms with Gasteiger partial charge < -0.3 is 20.5 Å². The van der Waals surface area contributed by atoms with Crippen LogP contribution in [0.1, 0.15) is 17.5 Å². The van der Waals surface area contributed by atoms with Crippen LogP contribution in [-0.4, -0.2) is 18.1 Å². The van der Waals surface area contributed by atoms with Crippen LogP contribution in [0.3, 0.4) is 0 Å². The van der Waals surface area contributed by atoms with Crippen molar-refractivity contribution in [3.05, 3.63) is 77.9 Å². The van der Waals surface area contributed by atoms with Crippen molar-refractivity contribution < 1.29 is 9.47 Å². The number of fused-ring (bicyclic) bond motifs is 1. The molecule has 0 aliphatic heterocycles. The van der Waals surface area contributed by atoms with Crippen LogP contribution in [0.5, 0.6) is 17.2 Å². The molecular weight excluding hydrogens is 408 g/mol. The highest BCUT2D eigenvalue weighted by molar-refractivity contribution is 7.22. The van der Waals surface area contributed by atoms with Crippen molar-refractivity contribution in [2.45, 2.75) is 13.0 Å². The van der Waals surface area contributed by atoms with Crippen LogP contribution in [0, 0.1) is 11.3 Å².